The number of rotatable bonds is 1. The summed E-state index contributed by atoms with van der Waals surface area (Å²) < 4.78 is 43.0. The Morgan fingerprint density at radius 1 is 1.15 bits per heavy atom. The first-order valence-electron chi connectivity index (χ1n) is 2.71. The number of hydrogen-bond acceptors (Lipinski definition) is 3. The predicted octanol–water partition coefficient (Wildman–Crippen LogP) is -2.65. The van der Waals surface area contributed by atoms with Crippen LogP contribution in [0.2, 0.25) is 0 Å². The molecule has 0 fully saturated rings. The molecule has 7 heteroatoms. The maximum Gasteiger partial charge on any atom is 2.00 e. The van der Waals surface area contributed by atoms with Crippen molar-refractivity contribution in [2.45, 2.75) is 4.90 Å². The maximum atomic E-state index is 12.2. The van der Waals surface area contributed by atoms with Crippen LogP contribution < -0.4 is 12.4 Å². The van der Waals surface area contributed by atoms with E-state index < -0.39 is 20.8 Å². The Labute approximate surface area is 97.6 Å². The van der Waals surface area contributed by atoms with E-state index in [1.54, 1.807) is 0 Å². The standard InChI is InChI=1S/C6H5FO3S.ClH.Mg/c7-5-1-3-6(4-2-5)11(8,9)10;;/h1-4H,(H,8,9,10);1H;/q;;+2/p-2. The Kier molecular flexibility index (Phi) is 6.91. The van der Waals surface area contributed by atoms with Gasteiger partial charge in [0.1, 0.15) is 15.9 Å². The molecule has 0 radical (unpaired) electrons. The fourth-order valence-corrected chi connectivity index (χ4v) is 1.07. The van der Waals surface area contributed by atoms with Crippen LogP contribution in [0.25, 0.3) is 0 Å². The van der Waals surface area contributed by atoms with E-state index in [0.717, 1.165) is 24.3 Å². The maximum absolute atomic E-state index is 12.2. The van der Waals surface area contributed by atoms with Gasteiger partial charge in [0, 0.05) is 0 Å². The normalized spacial score (nSPS) is 9.69. The summed E-state index contributed by atoms with van der Waals surface area (Å²) in [7, 11) is -4.44. The topological polar surface area (TPSA) is 57.2 Å². The van der Waals surface area contributed by atoms with Crippen molar-refractivity contribution in [3.63, 3.8) is 0 Å². The van der Waals surface area contributed by atoms with Crippen LogP contribution in [0.3, 0.4) is 0 Å². The zero-order chi connectivity index (χ0) is 8.48. The SMILES string of the molecule is O=S(=O)([O-])c1ccc(F)cc1.[Cl-].[Mg+2]. The first-order chi connectivity index (χ1) is 5.00. The second-order valence-electron chi connectivity index (χ2n) is 1.91. The van der Waals surface area contributed by atoms with Crippen LogP contribution in [0.1, 0.15) is 0 Å². The fourth-order valence-electron chi connectivity index (χ4n) is 0.601. The molecule has 0 aliphatic carbocycles. The van der Waals surface area contributed by atoms with Crippen molar-refractivity contribution in [2.75, 3.05) is 0 Å². The molecule has 0 aliphatic rings. The Morgan fingerprint density at radius 3 is 1.85 bits per heavy atom. The van der Waals surface area contributed by atoms with E-state index >= 15 is 0 Å². The minimum Gasteiger partial charge on any atom is -1.00 e. The summed E-state index contributed by atoms with van der Waals surface area (Å²) in [5.41, 5.74) is 0. The molecule has 3 nitrogen and oxygen atoms in total. The molecule has 0 bridgehead atoms. The molecule has 0 aliphatic heterocycles. The first kappa shape index (κ1) is 15.6. The minimum atomic E-state index is -4.44. The first-order valence-corrected chi connectivity index (χ1v) is 4.12. The molecule has 13 heavy (non-hydrogen) atoms. The van der Waals surface area contributed by atoms with Gasteiger partial charge in [0.25, 0.3) is 0 Å². The van der Waals surface area contributed by atoms with Gasteiger partial charge in [-0.3, -0.25) is 0 Å². The fraction of sp³-hybridized carbons (Fsp3) is 0. The molecule has 0 saturated carbocycles. The zero-order valence-corrected chi connectivity index (χ0v) is 9.39. The number of halogens is 2. The number of hydrogen-bond donors (Lipinski definition) is 0. The van der Waals surface area contributed by atoms with E-state index in [4.69, 9.17) is 0 Å². The van der Waals surface area contributed by atoms with E-state index in [1.165, 1.54) is 0 Å². The minimum absolute atomic E-state index is 0. The van der Waals surface area contributed by atoms with Crippen LogP contribution in [-0.2, 0) is 10.1 Å². The largest absolute Gasteiger partial charge is 2.00 e. The third-order valence-corrected chi connectivity index (χ3v) is 1.95. The van der Waals surface area contributed by atoms with Gasteiger partial charge in [-0.15, -0.1) is 0 Å². The monoisotopic (exact) mass is 234 g/mol. The summed E-state index contributed by atoms with van der Waals surface area (Å²) >= 11 is 0. The second kappa shape index (κ2) is 5.76. The summed E-state index contributed by atoms with van der Waals surface area (Å²) in [4.78, 5) is -0.418. The third kappa shape index (κ3) is 4.77. The van der Waals surface area contributed by atoms with Gasteiger partial charge in [0.15, 0.2) is 0 Å². The van der Waals surface area contributed by atoms with Crippen LogP contribution in [0.4, 0.5) is 4.39 Å². The van der Waals surface area contributed by atoms with Crippen molar-refractivity contribution in [2.24, 2.45) is 0 Å². The molecule has 1 aromatic rings. The molecule has 0 N–H and O–H groups in total. The molecule has 0 aromatic heterocycles. The van der Waals surface area contributed by atoms with Gasteiger partial charge >= 0.3 is 23.1 Å². The quantitative estimate of drug-likeness (QED) is 0.394. The predicted molar refractivity (Wildman–Crippen MR) is 40.1 cm³/mol. The van der Waals surface area contributed by atoms with E-state index in [-0.39, 0.29) is 35.5 Å². The summed E-state index contributed by atoms with van der Waals surface area (Å²) in [5.74, 6) is -0.572. The zero-order valence-electron chi connectivity index (χ0n) is 6.41. The van der Waals surface area contributed by atoms with Crippen molar-refractivity contribution in [1.82, 2.24) is 0 Å². The Hall–Kier alpha value is 0.116. The molecular weight excluding hydrogens is 231 g/mol. The average molecular weight is 235 g/mol. The summed E-state index contributed by atoms with van der Waals surface area (Å²) in [5, 5.41) is 0. The van der Waals surface area contributed by atoms with Crippen molar-refractivity contribution >= 4 is 33.2 Å². The second-order valence-corrected chi connectivity index (χ2v) is 3.29. The van der Waals surface area contributed by atoms with Crippen molar-refractivity contribution in [3.8, 4) is 0 Å². The van der Waals surface area contributed by atoms with Gasteiger partial charge in [-0.1, -0.05) is 0 Å². The van der Waals surface area contributed by atoms with Crippen LogP contribution in [0, 0.1) is 5.82 Å². The third-order valence-electron chi connectivity index (χ3n) is 1.10. The molecule has 68 valence electrons. The van der Waals surface area contributed by atoms with Gasteiger partial charge in [-0.25, -0.2) is 12.8 Å². The summed E-state index contributed by atoms with van der Waals surface area (Å²) in [6.07, 6.45) is 0. The molecule has 0 saturated heterocycles. The van der Waals surface area contributed by atoms with Crippen molar-refractivity contribution < 1.29 is 29.8 Å². The van der Waals surface area contributed by atoms with Gasteiger partial charge in [-0.05, 0) is 24.3 Å². The summed E-state index contributed by atoms with van der Waals surface area (Å²) in [6, 6.07) is 3.70. The molecule has 0 atom stereocenters. The summed E-state index contributed by atoms with van der Waals surface area (Å²) in [6.45, 7) is 0. The van der Waals surface area contributed by atoms with Crippen LogP contribution in [0.15, 0.2) is 29.2 Å². The van der Waals surface area contributed by atoms with Gasteiger partial charge in [0.05, 0.1) is 4.90 Å². The smallest absolute Gasteiger partial charge is 1.00 e. The van der Waals surface area contributed by atoms with Crippen LogP contribution in [-0.4, -0.2) is 36.0 Å². The van der Waals surface area contributed by atoms with E-state index in [1.807, 2.05) is 0 Å². The van der Waals surface area contributed by atoms with Crippen LogP contribution in [0.5, 0.6) is 0 Å². The molecule has 0 heterocycles. The Balaban J connectivity index is 0. The average Bonchev–Trinajstić information content (AvgIpc) is 1.86. The molecule has 0 amide bonds. The van der Waals surface area contributed by atoms with E-state index in [2.05, 4.69) is 0 Å². The van der Waals surface area contributed by atoms with Gasteiger partial charge < -0.3 is 17.0 Å². The number of benzene rings is 1. The van der Waals surface area contributed by atoms with Crippen molar-refractivity contribution in [1.29, 1.82) is 0 Å². The Bertz CT molecular complexity index is 351. The van der Waals surface area contributed by atoms with E-state index in [9.17, 15) is 17.4 Å². The van der Waals surface area contributed by atoms with Gasteiger partial charge in [-0.2, -0.15) is 0 Å². The Morgan fingerprint density at radius 2 is 1.54 bits per heavy atom. The molecule has 1 rings (SSSR count). The molecular formula is C6H4ClFMgO3S. The molecule has 0 unspecified atom stereocenters. The van der Waals surface area contributed by atoms with E-state index in [0.29, 0.717) is 0 Å². The van der Waals surface area contributed by atoms with Crippen molar-refractivity contribution in [3.05, 3.63) is 30.1 Å². The molecule has 0 spiro atoms. The van der Waals surface area contributed by atoms with Gasteiger partial charge in [0.2, 0.25) is 0 Å². The molecule has 1 aromatic carbocycles. The van der Waals surface area contributed by atoms with Crippen LogP contribution >= 0.6 is 0 Å².